The lowest BCUT2D eigenvalue weighted by Gasteiger charge is -2.09. The van der Waals surface area contributed by atoms with E-state index in [9.17, 15) is 4.79 Å². The van der Waals surface area contributed by atoms with E-state index >= 15 is 0 Å². The number of hydrogen-bond acceptors (Lipinski definition) is 7. The molecule has 4 heterocycles. The molecule has 190 valence electrons. The summed E-state index contributed by atoms with van der Waals surface area (Å²) < 4.78 is 5.21. The second-order valence-corrected chi connectivity index (χ2v) is 8.92. The van der Waals surface area contributed by atoms with Gasteiger partial charge >= 0.3 is 5.69 Å². The molecule has 5 rings (SSSR count). The van der Waals surface area contributed by atoms with Gasteiger partial charge in [-0.2, -0.15) is 15.3 Å². The minimum atomic E-state index is -0.134. The minimum Gasteiger partial charge on any atom is -0.290 e. The number of benzene rings is 1. The molecular weight excluding hydrogens is 468 g/mol. The van der Waals surface area contributed by atoms with Crippen LogP contribution in [0.1, 0.15) is 50.9 Å². The predicted molar refractivity (Wildman–Crippen MR) is 139 cm³/mol. The highest BCUT2D eigenvalue weighted by atomic mass is 16.2. The van der Waals surface area contributed by atoms with E-state index in [1.165, 1.54) is 6.33 Å². The van der Waals surface area contributed by atoms with Gasteiger partial charge in [-0.1, -0.05) is 57.0 Å². The van der Waals surface area contributed by atoms with Crippen LogP contribution in [0.3, 0.4) is 0 Å². The van der Waals surface area contributed by atoms with Crippen LogP contribution >= 0.6 is 0 Å². The molecule has 0 spiro atoms. The fourth-order valence-electron chi connectivity index (χ4n) is 4.35. The van der Waals surface area contributed by atoms with Gasteiger partial charge in [-0.15, -0.1) is 10.2 Å². The summed E-state index contributed by atoms with van der Waals surface area (Å²) in [5, 5.41) is 18.7. The van der Waals surface area contributed by atoms with Gasteiger partial charge in [0.25, 0.3) is 0 Å². The van der Waals surface area contributed by atoms with Crippen LogP contribution in [0.25, 0.3) is 28.5 Å². The quantitative estimate of drug-likeness (QED) is 0.295. The highest BCUT2D eigenvalue weighted by Crippen LogP contribution is 2.29. The standard InChI is InChI=1S/C26H30N10O/c1-3-5-9-21-17-35(25-28-18-29-36(25)14-6-4-2)26(37)34(21)16-20-13-12-19(15-27-20)22-10-7-8-11-23(22)24-30-32-33-31-24/h7-8,10-13,15,17-18H,3-6,9,14,16H2,1-2H3,(H,30,31,32,33). The maximum Gasteiger partial charge on any atom is 0.335 e. The second-order valence-electron chi connectivity index (χ2n) is 8.92. The van der Waals surface area contributed by atoms with Crippen molar-refractivity contribution >= 4 is 0 Å². The van der Waals surface area contributed by atoms with Crippen molar-refractivity contribution in [1.82, 2.24) is 49.5 Å². The molecule has 0 saturated carbocycles. The maximum absolute atomic E-state index is 13.5. The third kappa shape index (κ3) is 5.11. The van der Waals surface area contributed by atoms with Crippen molar-refractivity contribution in [3.05, 3.63) is 77.0 Å². The number of H-pyrrole nitrogens is 1. The number of tetrazole rings is 1. The van der Waals surface area contributed by atoms with Gasteiger partial charge in [-0.05, 0) is 36.1 Å². The van der Waals surface area contributed by atoms with Gasteiger partial charge in [0.05, 0.1) is 12.2 Å². The number of aromatic amines is 1. The number of hydrogen-bond donors (Lipinski definition) is 1. The fraction of sp³-hybridized carbons (Fsp3) is 0.346. The first-order valence-electron chi connectivity index (χ1n) is 12.7. The first-order chi connectivity index (χ1) is 18.2. The Hall–Kier alpha value is -4.41. The molecule has 0 fully saturated rings. The Bertz CT molecular complexity index is 1500. The van der Waals surface area contributed by atoms with E-state index in [0.29, 0.717) is 18.3 Å². The number of pyridine rings is 1. The van der Waals surface area contributed by atoms with Gasteiger partial charge in [-0.3, -0.25) is 9.55 Å². The molecule has 0 amide bonds. The number of nitrogens with one attached hydrogen (secondary N) is 1. The molecule has 0 unspecified atom stereocenters. The van der Waals surface area contributed by atoms with Crippen molar-refractivity contribution in [3.63, 3.8) is 0 Å². The monoisotopic (exact) mass is 498 g/mol. The van der Waals surface area contributed by atoms with Crippen LogP contribution in [0.5, 0.6) is 0 Å². The molecule has 0 aliphatic rings. The van der Waals surface area contributed by atoms with Crippen LogP contribution in [0.2, 0.25) is 0 Å². The molecule has 0 aliphatic heterocycles. The Kier molecular flexibility index (Phi) is 7.29. The van der Waals surface area contributed by atoms with Crippen molar-refractivity contribution < 1.29 is 0 Å². The van der Waals surface area contributed by atoms with Crippen LogP contribution in [0, 0.1) is 0 Å². The molecule has 0 bridgehead atoms. The third-order valence-electron chi connectivity index (χ3n) is 6.35. The largest absolute Gasteiger partial charge is 0.335 e. The van der Waals surface area contributed by atoms with E-state index in [1.54, 1.807) is 13.8 Å². The van der Waals surface area contributed by atoms with Crippen LogP contribution in [0.4, 0.5) is 0 Å². The predicted octanol–water partition coefficient (Wildman–Crippen LogP) is 3.66. The highest BCUT2D eigenvalue weighted by Gasteiger charge is 2.17. The fourth-order valence-corrected chi connectivity index (χ4v) is 4.35. The smallest absolute Gasteiger partial charge is 0.290 e. The van der Waals surface area contributed by atoms with E-state index in [2.05, 4.69) is 44.6 Å². The van der Waals surface area contributed by atoms with Crippen LogP contribution in [0.15, 0.2) is 59.9 Å². The molecule has 0 saturated heterocycles. The molecule has 11 nitrogen and oxygen atoms in total. The molecule has 4 aromatic heterocycles. The molecule has 1 aromatic carbocycles. The summed E-state index contributed by atoms with van der Waals surface area (Å²) in [6.45, 7) is 5.38. The van der Waals surface area contributed by atoms with E-state index in [-0.39, 0.29) is 5.69 Å². The Morgan fingerprint density at radius 2 is 1.81 bits per heavy atom. The first kappa shape index (κ1) is 24.3. The van der Waals surface area contributed by atoms with Crippen molar-refractivity contribution in [2.75, 3.05) is 0 Å². The van der Waals surface area contributed by atoms with Gasteiger partial charge in [0, 0.05) is 35.8 Å². The van der Waals surface area contributed by atoms with Crippen molar-refractivity contribution in [3.8, 4) is 28.5 Å². The van der Waals surface area contributed by atoms with Gasteiger partial charge in [0.1, 0.15) is 6.33 Å². The number of aryl methyl sites for hydroxylation is 2. The zero-order chi connectivity index (χ0) is 25.6. The van der Waals surface area contributed by atoms with Crippen LogP contribution < -0.4 is 5.69 Å². The molecule has 11 heteroatoms. The number of rotatable bonds is 11. The SMILES string of the molecule is CCCCc1cn(-c2ncnn2CCCC)c(=O)n1Cc1ccc(-c2ccccc2-c2nn[nH]n2)cn1. The number of aromatic nitrogens is 10. The van der Waals surface area contributed by atoms with Gasteiger partial charge in [-0.25, -0.2) is 14.0 Å². The molecular formula is C26H30N10O. The summed E-state index contributed by atoms with van der Waals surface area (Å²) >= 11 is 0. The van der Waals surface area contributed by atoms with E-state index < -0.39 is 0 Å². The Morgan fingerprint density at radius 1 is 0.973 bits per heavy atom. The zero-order valence-corrected chi connectivity index (χ0v) is 21.1. The lowest BCUT2D eigenvalue weighted by molar-refractivity contribution is 0.553. The summed E-state index contributed by atoms with van der Waals surface area (Å²) in [5.41, 5.74) is 4.39. The van der Waals surface area contributed by atoms with Crippen molar-refractivity contribution in [1.29, 1.82) is 0 Å². The first-order valence-corrected chi connectivity index (χ1v) is 12.7. The van der Waals surface area contributed by atoms with E-state index in [0.717, 1.165) is 66.7 Å². The van der Waals surface area contributed by atoms with Crippen LogP contribution in [-0.2, 0) is 19.5 Å². The lowest BCUT2D eigenvalue weighted by Crippen LogP contribution is -2.27. The molecule has 5 aromatic rings. The topological polar surface area (TPSA) is 125 Å². The number of imidazole rings is 1. The highest BCUT2D eigenvalue weighted by molar-refractivity contribution is 5.79. The molecule has 0 aliphatic carbocycles. The van der Waals surface area contributed by atoms with E-state index in [1.807, 2.05) is 48.8 Å². The lowest BCUT2D eigenvalue weighted by atomic mass is 10.0. The zero-order valence-electron chi connectivity index (χ0n) is 21.1. The van der Waals surface area contributed by atoms with Gasteiger partial charge in [0.15, 0.2) is 0 Å². The molecule has 0 radical (unpaired) electrons. The third-order valence-corrected chi connectivity index (χ3v) is 6.35. The summed E-state index contributed by atoms with van der Waals surface area (Å²) in [6.07, 6.45) is 10.1. The normalized spacial score (nSPS) is 11.3. The van der Waals surface area contributed by atoms with Crippen molar-refractivity contribution in [2.45, 2.75) is 59.0 Å². The van der Waals surface area contributed by atoms with Gasteiger partial charge in [0.2, 0.25) is 11.8 Å². The molecule has 1 N–H and O–H groups in total. The number of unbranched alkanes of at least 4 members (excludes halogenated alkanes) is 2. The van der Waals surface area contributed by atoms with Crippen molar-refractivity contribution in [2.24, 2.45) is 0 Å². The molecule has 37 heavy (non-hydrogen) atoms. The maximum atomic E-state index is 13.5. The Balaban J connectivity index is 1.45. The van der Waals surface area contributed by atoms with Gasteiger partial charge < -0.3 is 0 Å². The number of nitrogens with zero attached hydrogens (tertiary/aromatic N) is 9. The Morgan fingerprint density at radius 3 is 2.54 bits per heavy atom. The second kappa shape index (κ2) is 11.1. The average molecular weight is 499 g/mol. The van der Waals surface area contributed by atoms with Crippen LogP contribution in [-0.4, -0.2) is 49.5 Å². The molecule has 0 atom stereocenters. The summed E-state index contributed by atoms with van der Waals surface area (Å²) in [4.78, 5) is 22.6. The summed E-state index contributed by atoms with van der Waals surface area (Å²) in [5.74, 6) is 1.08. The van der Waals surface area contributed by atoms with E-state index in [4.69, 9.17) is 4.98 Å². The summed E-state index contributed by atoms with van der Waals surface area (Å²) in [6, 6.07) is 11.8. The Labute approximate surface area is 214 Å². The minimum absolute atomic E-state index is 0.134. The summed E-state index contributed by atoms with van der Waals surface area (Å²) in [7, 11) is 0. The average Bonchev–Trinajstić information content (AvgIpc) is 3.69.